The van der Waals surface area contributed by atoms with Gasteiger partial charge >= 0.3 is 17.6 Å². The fourth-order valence-corrected chi connectivity index (χ4v) is 5.18. The number of amidine groups is 1. The topological polar surface area (TPSA) is 47.9 Å². The number of hydrogen-bond donors (Lipinski definition) is 1. The third-order valence-electron chi connectivity index (χ3n) is 6.60. The predicted molar refractivity (Wildman–Crippen MR) is 138 cm³/mol. The van der Waals surface area contributed by atoms with Gasteiger partial charge in [0.25, 0.3) is 0 Å². The maximum absolute atomic E-state index is 13.5. The molecule has 2 heterocycles. The zero-order valence-corrected chi connectivity index (χ0v) is 22.1. The summed E-state index contributed by atoms with van der Waals surface area (Å²) in [6, 6.07) is 1.81. The van der Waals surface area contributed by atoms with Crippen LogP contribution in [0.4, 0.5) is 31.1 Å². The molecule has 0 saturated carbocycles. The lowest BCUT2D eigenvalue weighted by atomic mass is 9.95. The Kier molecular flexibility index (Phi) is 10.5. The van der Waals surface area contributed by atoms with E-state index < -0.39 is 23.5 Å². The largest absolute Gasteiger partial charge is 0.416 e. The van der Waals surface area contributed by atoms with E-state index in [0.29, 0.717) is 44.4 Å². The normalized spacial score (nSPS) is 19.2. The lowest BCUT2D eigenvalue weighted by Gasteiger charge is -2.31. The average Bonchev–Trinajstić information content (AvgIpc) is 3.20. The van der Waals surface area contributed by atoms with Crippen molar-refractivity contribution in [2.75, 3.05) is 39.3 Å². The van der Waals surface area contributed by atoms with Gasteiger partial charge in [-0.3, -0.25) is 9.69 Å². The van der Waals surface area contributed by atoms with E-state index in [9.17, 15) is 31.1 Å². The molecule has 1 aromatic carbocycles. The van der Waals surface area contributed by atoms with E-state index in [1.54, 1.807) is 0 Å². The summed E-state index contributed by atoms with van der Waals surface area (Å²) in [5.74, 6) is 0.633. The van der Waals surface area contributed by atoms with Crippen molar-refractivity contribution in [1.29, 1.82) is 0 Å². The van der Waals surface area contributed by atoms with Gasteiger partial charge < -0.3 is 10.2 Å². The van der Waals surface area contributed by atoms with E-state index in [4.69, 9.17) is 0 Å². The summed E-state index contributed by atoms with van der Waals surface area (Å²) in [7, 11) is 0. The second-order valence-corrected chi connectivity index (χ2v) is 10.2. The third kappa shape index (κ3) is 8.60. The van der Waals surface area contributed by atoms with Gasteiger partial charge in [0.05, 0.1) is 16.0 Å². The number of benzene rings is 1. The number of alkyl halides is 6. The van der Waals surface area contributed by atoms with Crippen molar-refractivity contribution in [3.63, 3.8) is 0 Å². The molecule has 0 spiro atoms. The molecule has 0 unspecified atom stereocenters. The Hall–Kier alpha value is -2.31. The molecule has 0 aliphatic carbocycles. The van der Waals surface area contributed by atoms with Crippen LogP contribution in [0.5, 0.6) is 0 Å². The van der Waals surface area contributed by atoms with Crippen molar-refractivity contribution in [2.45, 2.75) is 45.6 Å². The Labute approximate surface area is 223 Å². The highest BCUT2D eigenvalue weighted by molar-refractivity contribution is 8.18. The van der Waals surface area contributed by atoms with Gasteiger partial charge in [-0.05, 0) is 74.4 Å². The number of halogens is 6. The number of nitrogens with zero attached hydrogens (tertiary/aromatic N) is 3. The lowest BCUT2D eigenvalue weighted by Crippen LogP contribution is -2.33. The van der Waals surface area contributed by atoms with E-state index in [1.807, 2.05) is 17.1 Å². The Bertz CT molecular complexity index is 1050. The molecule has 1 fully saturated rings. The molecule has 1 N–H and O–H groups in total. The lowest BCUT2D eigenvalue weighted by molar-refractivity contribution is -0.143. The van der Waals surface area contributed by atoms with Gasteiger partial charge in [0.1, 0.15) is 5.84 Å². The highest BCUT2D eigenvalue weighted by Gasteiger charge is 2.38. The van der Waals surface area contributed by atoms with E-state index >= 15 is 0 Å². The molecular weight excluding hydrogens is 530 g/mol. The monoisotopic (exact) mass is 562 g/mol. The minimum atomic E-state index is -4.88. The van der Waals surface area contributed by atoms with Gasteiger partial charge in [0.2, 0.25) is 0 Å². The molecule has 0 bridgehead atoms. The van der Waals surface area contributed by atoms with Crippen molar-refractivity contribution >= 4 is 22.8 Å². The van der Waals surface area contributed by atoms with E-state index in [2.05, 4.69) is 35.1 Å². The molecule has 1 amide bonds. The molecular formula is C26H32F6N4OS. The minimum Gasteiger partial charge on any atom is -0.366 e. The zero-order valence-electron chi connectivity index (χ0n) is 21.3. The van der Waals surface area contributed by atoms with E-state index in [1.165, 1.54) is 0 Å². The maximum Gasteiger partial charge on any atom is 0.416 e. The molecule has 1 aromatic rings. The van der Waals surface area contributed by atoms with Gasteiger partial charge in [-0.2, -0.15) is 31.3 Å². The minimum absolute atomic E-state index is 0.0857. The van der Waals surface area contributed by atoms with Gasteiger partial charge in [-0.15, -0.1) is 0 Å². The van der Waals surface area contributed by atoms with Gasteiger partial charge in [-0.25, -0.2) is 0 Å². The number of aliphatic imine (C=N–C) groups is 1. The average molecular weight is 563 g/mol. The summed E-state index contributed by atoms with van der Waals surface area (Å²) in [5, 5.41) is 2.88. The van der Waals surface area contributed by atoms with Crippen molar-refractivity contribution in [2.24, 2.45) is 10.9 Å². The number of thioether (sulfide) groups is 1. The smallest absolute Gasteiger partial charge is 0.366 e. The molecule has 210 valence electrons. The highest BCUT2D eigenvalue weighted by Crippen LogP contribution is 2.38. The van der Waals surface area contributed by atoms with Crippen LogP contribution in [0, 0.1) is 5.92 Å². The van der Waals surface area contributed by atoms with Crippen molar-refractivity contribution < 1.29 is 31.1 Å². The molecule has 2 aliphatic heterocycles. The number of amides is 1. The van der Waals surface area contributed by atoms with Crippen LogP contribution in [0.3, 0.4) is 0 Å². The second kappa shape index (κ2) is 13.2. The van der Waals surface area contributed by atoms with Crippen LogP contribution >= 0.6 is 11.8 Å². The molecule has 5 nitrogen and oxygen atoms in total. The van der Waals surface area contributed by atoms with Crippen LogP contribution in [0.2, 0.25) is 0 Å². The number of nitrogens with one attached hydrogen (secondary N) is 1. The molecule has 38 heavy (non-hydrogen) atoms. The number of likely N-dealkylation sites (N-methyl/N-ethyl adjacent to an activating group) is 1. The van der Waals surface area contributed by atoms with Crippen LogP contribution < -0.4 is 5.32 Å². The molecule has 3 rings (SSSR count). The maximum atomic E-state index is 13.5. The number of piperidine rings is 1. The number of hydrogen-bond acceptors (Lipinski definition) is 5. The summed E-state index contributed by atoms with van der Waals surface area (Å²) >= 11 is 1.05. The van der Waals surface area contributed by atoms with Crippen molar-refractivity contribution in [3.8, 4) is 0 Å². The van der Waals surface area contributed by atoms with Crippen LogP contribution in [-0.2, 0) is 18.9 Å². The third-order valence-corrected chi connectivity index (χ3v) is 7.42. The summed E-state index contributed by atoms with van der Waals surface area (Å²) in [4.78, 5) is 20.8. The molecule has 0 atom stereocenters. The quantitative estimate of drug-likeness (QED) is 0.273. The summed E-state index contributed by atoms with van der Waals surface area (Å²) in [6.45, 7) is 8.38. The Morgan fingerprint density at radius 1 is 1.08 bits per heavy atom. The summed E-state index contributed by atoms with van der Waals surface area (Å²) in [5.41, 5.74) is -2.74. The van der Waals surface area contributed by atoms with Crippen LogP contribution in [-0.4, -0.2) is 60.1 Å². The van der Waals surface area contributed by atoms with E-state index in [0.717, 1.165) is 42.4 Å². The second-order valence-electron chi connectivity index (χ2n) is 9.18. The number of carbonyl (C=O) groups is 1. The van der Waals surface area contributed by atoms with E-state index in [-0.39, 0.29) is 29.3 Å². The standard InChI is InChI=1S/C26H32F6N4OS/c1-3-35(4-2)12-6-5-11-33-23-22(38-24(37)34-23)15-18-9-13-36(14-10-18)17-19-7-8-20(25(27,28)29)16-21(19)26(30,31)32/h5-8,15-16,18H,3-4,9-14,17H2,1-2H3,(H,33,34,37). The fourth-order valence-electron chi connectivity index (χ4n) is 4.38. The van der Waals surface area contributed by atoms with Crippen molar-refractivity contribution in [1.82, 2.24) is 15.1 Å². The van der Waals surface area contributed by atoms with Crippen LogP contribution in [0.1, 0.15) is 43.4 Å². The van der Waals surface area contributed by atoms with Crippen LogP contribution in [0.25, 0.3) is 0 Å². The SMILES string of the molecule is CCN(CC)CC=CCNC1=NC(=O)SC1=CC1CCN(Cc2ccc(C(F)(F)F)cc2C(F)(F)F)CC1. The number of carbonyl (C=O) groups excluding carboxylic acids is 1. The number of allylic oxidation sites excluding steroid dienone is 1. The highest BCUT2D eigenvalue weighted by atomic mass is 32.2. The molecule has 1 saturated heterocycles. The van der Waals surface area contributed by atoms with Gasteiger partial charge in [0, 0.05) is 19.6 Å². The number of likely N-dealkylation sites (tertiary alicyclic amines) is 1. The molecule has 2 aliphatic rings. The first-order valence-electron chi connectivity index (χ1n) is 12.5. The first kappa shape index (κ1) is 30.2. The van der Waals surface area contributed by atoms with Gasteiger partial charge in [-0.1, -0.05) is 38.1 Å². The number of rotatable bonds is 9. The molecule has 12 heteroatoms. The van der Waals surface area contributed by atoms with Gasteiger partial charge in [0.15, 0.2) is 0 Å². The predicted octanol–water partition coefficient (Wildman–Crippen LogP) is 6.57. The first-order valence-corrected chi connectivity index (χ1v) is 13.4. The zero-order chi connectivity index (χ0) is 27.9. The summed E-state index contributed by atoms with van der Waals surface area (Å²) < 4.78 is 79.3. The molecule has 0 radical (unpaired) electrons. The first-order chi connectivity index (χ1) is 17.9. The Morgan fingerprint density at radius 3 is 2.37 bits per heavy atom. The Morgan fingerprint density at radius 2 is 1.76 bits per heavy atom. The van der Waals surface area contributed by atoms with Crippen molar-refractivity contribution in [3.05, 3.63) is 58.0 Å². The fraction of sp³-hybridized carbons (Fsp3) is 0.538. The molecule has 0 aromatic heterocycles. The van der Waals surface area contributed by atoms with Crippen LogP contribution in [0.15, 0.2) is 46.3 Å². The Balaban J connectivity index is 1.57. The summed E-state index contributed by atoms with van der Waals surface area (Å²) in [6.07, 6.45) is -2.39.